The van der Waals surface area contributed by atoms with Gasteiger partial charge in [0.05, 0.1) is 38.1 Å². The third-order valence-electron chi connectivity index (χ3n) is 8.18. The minimum absolute atomic E-state index is 0. The Balaban J connectivity index is -0.0000000609. The molecule has 10 nitrogen and oxygen atoms in total. The summed E-state index contributed by atoms with van der Waals surface area (Å²) in [7, 11) is 0. The molecular weight excluding hydrogens is 901 g/mol. The number of rotatable bonds is 12. The fourth-order valence-electron chi connectivity index (χ4n) is 5.06. The van der Waals surface area contributed by atoms with Gasteiger partial charge in [0.1, 0.15) is 6.10 Å². The zero-order valence-corrected chi connectivity index (χ0v) is 39.1. The van der Waals surface area contributed by atoms with Gasteiger partial charge in [0.25, 0.3) is 0 Å². The van der Waals surface area contributed by atoms with Gasteiger partial charge in [-0.15, -0.1) is 11.4 Å². The van der Waals surface area contributed by atoms with Gasteiger partial charge < -0.3 is 14.2 Å². The van der Waals surface area contributed by atoms with Gasteiger partial charge in [-0.1, -0.05) is 85.4 Å². The van der Waals surface area contributed by atoms with Crippen molar-refractivity contribution in [2.45, 2.75) is 65.1 Å². The quantitative estimate of drug-likeness (QED) is 0.0819. The van der Waals surface area contributed by atoms with E-state index >= 15 is 0 Å². The molecule has 0 spiro atoms. The summed E-state index contributed by atoms with van der Waals surface area (Å²) < 4.78 is 18.8. The fraction of sp³-hybridized carbons (Fsp3) is 0.210. The molecule has 0 radical (unpaired) electrons. The molecule has 5 atom stereocenters. The van der Waals surface area contributed by atoms with Crippen molar-refractivity contribution in [3.8, 4) is 220 Å². The summed E-state index contributed by atoms with van der Waals surface area (Å²) in [4.78, 5) is 6.34. The summed E-state index contributed by atoms with van der Waals surface area (Å²) in [6, 6.07) is 22.6. The maximum absolute atomic E-state index is 8.99. The highest BCUT2D eigenvalue weighted by Crippen LogP contribution is 2.35. The Morgan fingerprint density at radius 2 is 0.917 bits per heavy atom. The van der Waals surface area contributed by atoms with E-state index in [0.717, 1.165) is 17.5 Å². The number of nitrogens with one attached hydrogen (secondary N) is 1. The Morgan fingerprint density at radius 1 is 0.542 bits per heavy atom. The average molecular weight is 973 g/mol. The minimum Gasteiger partial charge on any atom is -0.374 e. The van der Waals surface area contributed by atoms with E-state index < -0.39 is 0 Å². The first-order valence-corrected chi connectivity index (χ1v) is 20.7. The second kappa shape index (κ2) is 45.8. The summed E-state index contributed by atoms with van der Waals surface area (Å²) >= 11 is 0. The lowest BCUT2D eigenvalue weighted by atomic mass is 9.80. The Hall–Kier alpha value is -10.3. The summed E-state index contributed by atoms with van der Waals surface area (Å²) in [5.41, 5.74) is 3.58. The van der Waals surface area contributed by atoms with Gasteiger partial charge in [0, 0.05) is 137 Å². The number of nitrogens with zero attached hydrogens (tertiary/aromatic N) is 1. The standard InChI is InChI=1S/C37H4.C25H31NO3.H3NO5.17H2/c1-3-5-7-9-11-13-15-17-19-21-23-25-27-29-31-33-35-37-36-34-32-30-28-26-24-22-20-18-16-14-12-10-8-6-4-2;1-19-20(2)25(28-17-22-12-7-4-8-13-22)24(29-23(19)14-9-15-26)18-27-16-21-10-5-3-6-11-21;2-4-1-5-6-3;;;;;;;;;;;;;;;;;/h1H,2H3;3-8,10-13,19-20,23-25H,9,14,16-18H2,1-2H3;1-3H;17*1H/t;19-,20+,23+,24+,25-;;;;;;;;;;;;;;;;;;/m.0................../s1. The van der Waals surface area contributed by atoms with Crippen molar-refractivity contribution in [3.05, 3.63) is 71.8 Å². The van der Waals surface area contributed by atoms with Crippen LogP contribution in [0.5, 0.6) is 0 Å². The summed E-state index contributed by atoms with van der Waals surface area (Å²) in [6.45, 7) is 7.71. The molecule has 72 heavy (non-hydrogen) atoms. The van der Waals surface area contributed by atoms with E-state index in [2.05, 4.69) is 266 Å². The number of hydrogen-bond acceptors (Lipinski definition) is 10. The maximum atomic E-state index is 8.99. The first-order valence-electron chi connectivity index (χ1n) is 20.7. The number of benzene rings is 2. The first kappa shape index (κ1) is 59.7. The molecule has 378 valence electrons. The van der Waals surface area contributed by atoms with Crippen molar-refractivity contribution in [2.24, 2.45) is 11.8 Å². The van der Waals surface area contributed by atoms with Crippen molar-refractivity contribution in [3.63, 3.8) is 0 Å². The minimum atomic E-state index is -0.141. The Kier molecular flexibility index (Phi) is 37.9. The Labute approximate surface area is 449 Å². The lowest BCUT2D eigenvalue weighted by Crippen LogP contribution is -2.52. The topological polar surface area (TPSA) is 132 Å². The SMILES string of the molecule is C#CC#CC#CC#CC#CC#CC#CC#CC#CC#CC#CC#CC#CC#CC#CC#CC#CC#CC.C[C@@H]1[C@H](C)[C@@H](CCC#N)O[C@H](COCc2ccccc2)[C@H]1OCc1ccccc1.OONOOO.[HH].[HH].[HH].[HH].[HH].[HH].[HH].[HH].[HH].[HH].[HH].[HH].[HH].[HH].[HH].[HH].[HH]. The van der Waals surface area contributed by atoms with Crippen LogP contribution in [-0.4, -0.2) is 35.4 Å². The third-order valence-corrected chi connectivity index (χ3v) is 8.18. The monoisotopic (exact) mass is 973 g/mol. The summed E-state index contributed by atoms with van der Waals surface area (Å²) in [6.07, 6.45) is 6.07. The number of terminal acetylenes is 1. The number of ether oxygens (including phenoxy) is 3. The molecule has 0 saturated carbocycles. The molecule has 2 aromatic rings. The Morgan fingerprint density at radius 3 is 1.25 bits per heavy atom. The van der Waals surface area contributed by atoms with Gasteiger partial charge in [-0.05, 0) is 142 Å². The molecule has 1 aliphatic rings. The molecule has 1 heterocycles. The molecule has 0 amide bonds. The molecule has 1 aliphatic heterocycles. The van der Waals surface area contributed by atoms with Crippen LogP contribution in [0.4, 0.5) is 0 Å². The van der Waals surface area contributed by atoms with E-state index in [4.69, 9.17) is 36.4 Å². The largest absolute Gasteiger partial charge is 0.374 e. The molecule has 0 bridgehead atoms. The highest BCUT2D eigenvalue weighted by Gasteiger charge is 2.42. The summed E-state index contributed by atoms with van der Waals surface area (Å²) in [5.74, 6) is 87.5. The molecular formula is C62H72N2O8. The highest BCUT2D eigenvalue weighted by atomic mass is 17.5. The van der Waals surface area contributed by atoms with Gasteiger partial charge in [0.15, 0.2) is 0 Å². The fourth-order valence-corrected chi connectivity index (χ4v) is 5.06. The molecule has 1 fully saturated rings. The molecule has 10 heteroatoms. The van der Waals surface area contributed by atoms with Crippen LogP contribution >= 0.6 is 0 Å². The third kappa shape index (κ3) is 34.0. The van der Waals surface area contributed by atoms with Crippen LogP contribution in [-0.2, 0) is 42.4 Å². The maximum Gasteiger partial charge on any atom is 0.108 e. The van der Waals surface area contributed by atoms with E-state index in [1.54, 1.807) is 6.92 Å². The van der Waals surface area contributed by atoms with Gasteiger partial charge in [-0.3, -0.25) is 0 Å². The second-order valence-corrected chi connectivity index (χ2v) is 12.7. The van der Waals surface area contributed by atoms with Gasteiger partial charge in [-0.25, -0.2) is 10.5 Å². The second-order valence-electron chi connectivity index (χ2n) is 12.7. The normalized spacial score (nSPS) is 13.5. The van der Waals surface area contributed by atoms with Gasteiger partial charge in [0.2, 0.25) is 0 Å². The molecule has 0 aliphatic carbocycles. The lowest BCUT2D eigenvalue weighted by molar-refractivity contribution is -0.571. The predicted molar refractivity (Wildman–Crippen MR) is 307 cm³/mol. The van der Waals surface area contributed by atoms with E-state index in [1.165, 1.54) is 5.64 Å². The van der Waals surface area contributed by atoms with Crippen molar-refractivity contribution in [1.29, 1.82) is 5.26 Å². The van der Waals surface area contributed by atoms with Crippen molar-refractivity contribution < 1.29 is 64.0 Å². The molecule has 2 aromatic carbocycles. The van der Waals surface area contributed by atoms with Gasteiger partial charge >= 0.3 is 0 Å². The van der Waals surface area contributed by atoms with E-state index in [9.17, 15) is 0 Å². The summed E-state index contributed by atoms with van der Waals surface area (Å²) in [5, 5.41) is 26.4. The molecule has 0 unspecified atom stereocenters. The predicted octanol–water partition coefficient (Wildman–Crippen LogP) is 9.33. The zero-order chi connectivity index (χ0) is 52.1. The number of nitriles is 1. The Bertz CT molecular complexity index is 3390. The van der Waals surface area contributed by atoms with Crippen LogP contribution in [0, 0.1) is 237 Å². The molecule has 3 rings (SSSR count). The van der Waals surface area contributed by atoms with E-state index in [1.807, 2.05) is 36.4 Å². The molecule has 0 aromatic heterocycles. The van der Waals surface area contributed by atoms with Crippen LogP contribution in [0.25, 0.3) is 0 Å². The van der Waals surface area contributed by atoms with E-state index in [0.29, 0.717) is 38.1 Å². The van der Waals surface area contributed by atoms with E-state index in [-0.39, 0.29) is 42.6 Å². The van der Waals surface area contributed by atoms with Crippen molar-refractivity contribution >= 4 is 0 Å². The van der Waals surface area contributed by atoms with Crippen molar-refractivity contribution in [2.75, 3.05) is 6.61 Å². The van der Waals surface area contributed by atoms with Crippen LogP contribution in [0.3, 0.4) is 0 Å². The molecule has 3 N–H and O–H groups in total. The van der Waals surface area contributed by atoms with Gasteiger partial charge in [-0.2, -0.15) is 5.26 Å². The lowest BCUT2D eigenvalue weighted by Gasteiger charge is -2.44. The highest BCUT2D eigenvalue weighted by molar-refractivity contribution is 5.49. The van der Waals surface area contributed by atoms with Crippen LogP contribution in [0.1, 0.15) is 69.0 Å². The van der Waals surface area contributed by atoms with Crippen LogP contribution in [0.2, 0.25) is 0 Å². The first-order chi connectivity index (χ1) is 35.5. The smallest absolute Gasteiger partial charge is 0.108 e. The number of hydrogen-bond donors (Lipinski definition) is 3. The molecule has 1 saturated heterocycles. The van der Waals surface area contributed by atoms with Crippen LogP contribution < -0.4 is 5.64 Å². The average Bonchev–Trinajstić information content (AvgIpc) is 3.40. The van der Waals surface area contributed by atoms with Crippen LogP contribution in [0.15, 0.2) is 60.7 Å². The zero-order valence-electron chi connectivity index (χ0n) is 39.1. The van der Waals surface area contributed by atoms with Crippen molar-refractivity contribution in [1.82, 2.24) is 5.64 Å².